The fourth-order valence-electron chi connectivity index (χ4n) is 5.04. The van der Waals surface area contributed by atoms with E-state index in [2.05, 4.69) is 5.32 Å². The molecular formula is C36H40ClN3O4S. The molecule has 236 valence electrons. The number of carbonyl (C=O) groups is 2. The predicted molar refractivity (Wildman–Crippen MR) is 181 cm³/mol. The van der Waals surface area contributed by atoms with Gasteiger partial charge in [0.05, 0.1) is 10.6 Å². The Hall–Kier alpha value is -4.14. The van der Waals surface area contributed by atoms with Gasteiger partial charge in [0, 0.05) is 24.5 Å². The van der Waals surface area contributed by atoms with Gasteiger partial charge in [0.25, 0.3) is 10.0 Å². The smallest absolute Gasteiger partial charge is 0.264 e. The maximum Gasteiger partial charge on any atom is 0.264 e. The Bertz CT molecular complexity index is 1710. The van der Waals surface area contributed by atoms with Gasteiger partial charge in [0.1, 0.15) is 12.6 Å². The van der Waals surface area contributed by atoms with Crippen LogP contribution in [0.2, 0.25) is 5.02 Å². The van der Waals surface area contributed by atoms with Crippen LogP contribution < -0.4 is 9.62 Å². The van der Waals surface area contributed by atoms with Crippen LogP contribution in [0.5, 0.6) is 0 Å². The van der Waals surface area contributed by atoms with Gasteiger partial charge in [-0.05, 0) is 72.4 Å². The Morgan fingerprint density at radius 2 is 1.40 bits per heavy atom. The van der Waals surface area contributed by atoms with E-state index in [-0.39, 0.29) is 29.7 Å². The van der Waals surface area contributed by atoms with Crippen LogP contribution in [0.3, 0.4) is 0 Å². The third-order valence-electron chi connectivity index (χ3n) is 7.62. The second-order valence-corrected chi connectivity index (χ2v) is 13.8. The molecule has 0 saturated heterocycles. The molecule has 0 aliphatic carbocycles. The van der Waals surface area contributed by atoms with Crippen molar-refractivity contribution in [1.82, 2.24) is 10.2 Å². The van der Waals surface area contributed by atoms with Crippen LogP contribution in [0, 0.1) is 19.8 Å². The van der Waals surface area contributed by atoms with E-state index in [9.17, 15) is 18.0 Å². The Morgan fingerprint density at radius 3 is 2.02 bits per heavy atom. The van der Waals surface area contributed by atoms with Crippen LogP contribution in [0.25, 0.3) is 0 Å². The molecule has 4 rings (SSSR count). The predicted octanol–water partition coefficient (Wildman–Crippen LogP) is 6.56. The third kappa shape index (κ3) is 8.74. The number of nitrogens with one attached hydrogen (secondary N) is 1. The lowest BCUT2D eigenvalue weighted by atomic mass is 10.0. The average Bonchev–Trinajstić information content (AvgIpc) is 3.02. The number of sulfonamides is 1. The Labute approximate surface area is 271 Å². The number of rotatable bonds is 13. The molecule has 0 aromatic heterocycles. The maximum absolute atomic E-state index is 14.6. The van der Waals surface area contributed by atoms with Crippen molar-refractivity contribution in [3.05, 3.63) is 130 Å². The van der Waals surface area contributed by atoms with Gasteiger partial charge in [-0.25, -0.2) is 8.42 Å². The molecule has 4 aromatic carbocycles. The monoisotopic (exact) mass is 645 g/mol. The highest BCUT2D eigenvalue weighted by Crippen LogP contribution is 2.28. The van der Waals surface area contributed by atoms with Gasteiger partial charge in [-0.3, -0.25) is 13.9 Å². The number of aryl methyl sites for hydroxylation is 2. The lowest BCUT2D eigenvalue weighted by Crippen LogP contribution is -2.54. The summed E-state index contributed by atoms with van der Waals surface area (Å²) in [5.41, 5.74) is 3.77. The molecule has 0 heterocycles. The molecule has 0 radical (unpaired) electrons. The molecule has 0 fully saturated rings. The van der Waals surface area contributed by atoms with Gasteiger partial charge in [0.15, 0.2) is 0 Å². The molecule has 2 amide bonds. The van der Waals surface area contributed by atoms with E-state index < -0.39 is 28.5 Å². The van der Waals surface area contributed by atoms with Crippen molar-refractivity contribution in [3.63, 3.8) is 0 Å². The van der Waals surface area contributed by atoms with Crippen molar-refractivity contribution < 1.29 is 18.0 Å². The lowest BCUT2D eigenvalue weighted by Gasteiger charge is -2.34. The second-order valence-electron chi connectivity index (χ2n) is 11.5. The fraction of sp³-hybridized carbons (Fsp3) is 0.278. The van der Waals surface area contributed by atoms with Crippen LogP contribution in [0.1, 0.15) is 36.1 Å². The van der Waals surface area contributed by atoms with Crippen molar-refractivity contribution in [2.75, 3.05) is 17.4 Å². The fourth-order valence-corrected chi connectivity index (χ4v) is 6.64. The molecule has 1 N–H and O–H groups in total. The van der Waals surface area contributed by atoms with Gasteiger partial charge in [-0.2, -0.15) is 0 Å². The minimum Gasteiger partial charge on any atom is -0.354 e. The Morgan fingerprint density at radius 1 is 0.800 bits per heavy atom. The van der Waals surface area contributed by atoms with Crippen LogP contribution in [-0.4, -0.2) is 44.3 Å². The molecule has 0 aliphatic heterocycles. The Balaban J connectivity index is 1.81. The van der Waals surface area contributed by atoms with Gasteiger partial charge < -0.3 is 10.2 Å². The van der Waals surface area contributed by atoms with E-state index in [1.165, 1.54) is 29.2 Å². The van der Waals surface area contributed by atoms with E-state index in [1.807, 2.05) is 81.4 Å². The van der Waals surface area contributed by atoms with Crippen molar-refractivity contribution in [3.8, 4) is 0 Å². The molecule has 7 nitrogen and oxygen atoms in total. The highest BCUT2D eigenvalue weighted by molar-refractivity contribution is 7.92. The summed E-state index contributed by atoms with van der Waals surface area (Å²) in [5.74, 6) is -0.593. The van der Waals surface area contributed by atoms with E-state index >= 15 is 0 Å². The first-order valence-corrected chi connectivity index (χ1v) is 16.8. The van der Waals surface area contributed by atoms with E-state index in [0.717, 1.165) is 21.0 Å². The third-order valence-corrected chi connectivity index (χ3v) is 9.65. The molecule has 9 heteroatoms. The number of halogens is 1. The van der Waals surface area contributed by atoms with E-state index in [0.29, 0.717) is 22.8 Å². The van der Waals surface area contributed by atoms with Crippen LogP contribution in [-0.2, 0) is 32.6 Å². The summed E-state index contributed by atoms with van der Waals surface area (Å²) in [5, 5.41) is 3.41. The average molecular weight is 646 g/mol. The molecule has 1 unspecified atom stereocenters. The summed E-state index contributed by atoms with van der Waals surface area (Å²) < 4.78 is 29.5. The maximum atomic E-state index is 14.6. The molecule has 0 spiro atoms. The van der Waals surface area contributed by atoms with Crippen molar-refractivity contribution in [2.45, 2.75) is 51.6 Å². The number of hydrogen-bond donors (Lipinski definition) is 1. The van der Waals surface area contributed by atoms with Crippen LogP contribution in [0.15, 0.2) is 108 Å². The van der Waals surface area contributed by atoms with Crippen LogP contribution >= 0.6 is 11.6 Å². The minimum atomic E-state index is -4.20. The standard InChI is InChI=1S/C36H40ClN3O4S/c1-26(2)23-38-36(42)34(22-29-14-6-5-7-15-29)39(24-30-16-10-8-12-27(30)3)35(41)25-40(33-17-11-9-13-28(33)4)45(43,44)32-20-18-31(37)19-21-32/h5-21,26,34H,22-25H2,1-4H3,(H,38,42). The van der Waals surface area contributed by atoms with Gasteiger partial charge in [-0.15, -0.1) is 0 Å². The number of anilines is 1. The van der Waals surface area contributed by atoms with Gasteiger partial charge >= 0.3 is 0 Å². The second kappa shape index (κ2) is 15.2. The molecule has 0 aliphatic rings. The molecule has 1 atom stereocenters. The number of nitrogens with zero attached hydrogens (tertiary/aromatic N) is 2. The van der Waals surface area contributed by atoms with Crippen molar-refractivity contribution in [2.24, 2.45) is 5.92 Å². The Kier molecular flexibility index (Phi) is 11.4. The zero-order chi connectivity index (χ0) is 32.6. The largest absolute Gasteiger partial charge is 0.354 e. The number of carbonyl (C=O) groups excluding carboxylic acids is 2. The van der Waals surface area contributed by atoms with E-state index in [4.69, 9.17) is 11.6 Å². The molecular weight excluding hydrogens is 606 g/mol. The lowest BCUT2D eigenvalue weighted by molar-refractivity contribution is -0.140. The summed E-state index contributed by atoms with van der Waals surface area (Å²) >= 11 is 6.07. The van der Waals surface area contributed by atoms with Crippen molar-refractivity contribution >= 4 is 39.1 Å². The number of amides is 2. The summed E-state index contributed by atoms with van der Waals surface area (Å²) in [7, 11) is -4.20. The number of benzene rings is 4. The SMILES string of the molecule is Cc1ccccc1CN(C(=O)CN(c1ccccc1C)S(=O)(=O)c1ccc(Cl)cc1)C(Cc1ccccc1)C(=O)NCC(C)C. The first-order chi connectivity index (χ1) is 21.5. The molecule has 0 bridgehead atoms. The zero-order valence-electron chi connectivity index (χ0n) is 26.1. The quantitative estimate of drug-likeness (QED) is 0.178. The summed E-state index contributed by atoms with van der Waals surface area (Å²) in [6, 6.07) is 29.2. The summed E-state index contributed by atoms with van der Waals surface area (Å²) in [6.45, 7) is 7.82. The normalized spacial score (nSPS) is 12.0. The molecule has 45 heavy (non-hydrogen) atoms. The first-order valence-electron chi connectivity index (χ1n) is 15.0. The minimum absolute atomic E-state index is 0.00363. The highest BCUT2D eigenvalue weighted by atomic mass is 35.5. The molecule has 4 aromatic rings. The zero-order valence-corrected chi connectivity index (χ0v) is 27.7. The number of hydrogen-bond acceptors (Lipinski definition) is 4. The van der Waals surface area contributed by atoms with Gasteiger partial charge in [0.2, 0.25) is 11.8 Å². The first kappa shape index (κ1) is 33.7. The molecule has 0 saturated carbocycles. The topological polar surface area (TPSA) is 86.8 Å². The van der Waals surface area contributed by atoms with Gasteiger partial charge in [-0.1, -0.05) is 98.2 Å². The van der Waals surface area contributed by atoms with Crippen LogP contribution in [0.4, 0.5) is 5.69 Å². The number of para-hydroxylation sites is 1. The van der Waals surface area contributed by atoms with E-state index in [1.54, 1.807) is 25.1 Å². The highest BCUT2D eigenvalue weighted by Gasteiger charge is 2.35. The summed E-state index contributed by atoms with van der Waals surface area (Å²) in [4.78, 5) is 30.0. The van der Waals surface area contributed by atoms with Crippen molar-refractivity contribution in [1.29, 1.82) is 0 Å². The summed E-state index contributed by atoms with van der Waals surface area (Å²) in [6.07, 6.45) is 0.261.